The van der Waals surface area contributed by atoms with Crippen molar-refractivity contribution in [2.75, 3.05) is 19.6 Å². The van der Waals surface area contributed by atoms with E-state index in [1.165, 1.54) is 0 Å². The van der Waals surface area contributed by atoms with Gasteiger partial charge in [-0.3, -0.25) is 0 Å². The van der Waals surface area contributed by atoms with Gasteiger partial charge in [-0.25, -0.2) is 0 Å². The Hall–Kier alpha value is -2.06. The lowest BCUT2D eigenvalue weighted by molar-refractivity contribution is -0.0261. The van der Waals surface area contributed by atoms with E-state index in [0.717, 1.165) is 43.6 Å². The fourth-order valence-corrected chi connectivity index (χ4v) is 3.89. The van der Waals surface area contributed by atoms with E-state index in [2.05, 4.69) is 11.0 Å². The minimum atomic E-state index is -0.780. The molecule has 1 atom stereocenters. The van der Waals surface area contributed by atoms with E-state index >= 15 is 0 Å². The van der Waals surface area contributed by atoms with Crippen LogP contribution in [0.15, 0.2) is 48.5 Å². The van der Waals surface area contributed by atoms with Gasteiger partial charge in [-0.2, -0.15) is 5.26 Å². The zero-order valence-corrected chi connectivity index (χ0v) is 16.1. The molecule has 1 heterocycles. The van der Waals surface area contributed by atoms with Gasteiger partial charge in [-0.1, -0.05) is 35.9 Å². The zero-order chi connectivity index (χ0) is 19.3. The average molecular weight is 385 g/mol. The van der Waals surface area contributed by atoms with Crippen LogP contribution in [0.2, 0.25) is 5.02 Å². The molecule has 2 aromatic carbocycles. The van der Waals surface area contributed by atoms with Gasteiger partial charge in [0.05, 0.1) is 17.6 Å². The summed E-state index contributed by atoms with van der Waals surface area (Å²) in [6.45, 7) is 2.58. The van der Waals surface area contributed by atoms with Crippen molar-refractivity contribution in [3.05, 3.63) is 64.7 Å². The van der Waals surface area contributed by atoms with Crippen molar-refractivity contribution in [1.82, 2.24) is 4.90 Å². The second-order valence-electron chi connectivity index (χ2n) is 7.30. The highest BCUT2D eigenvalue weighted by atomic mass is 35.5. The molecule has 4 nitrogen and oxygen atoms in total. The molecular weight excluding hydrogens is 360 g/mol. The number of nitriles is 1. The molecule has 1 aliphatic rings. The van der Waals surface area contributed by atoms with Crippen molar-refractivity contribution < 1.29 is 10.2 Å². The molecule has 142 valence electrons. The molecule has 1 aliphatic heterocycles. The summed E-state index contributed by atoms with van der Waals surface area (Å²) < 4.78 is 0. The number of hydrogen-bond donors (Lipinski definition) is 2. The largest absolute Gasteiger partial charge is 0.508 e. The van der Waals surface area contributed by atoms with Crippen LogP contribution in [0.25, 0.3) is 0 Å². The number of aromatic hydroxyl groups is 1. The maximum Gasteiger partial charge on any atom is 0.115 e. The Balaban J connectivity index is 1.48. The molecular formula is C22H25ClN2O2. The fourth-order valence-electron chi connectivity index (χ4n) is 3.76. The van der Waals surface area contributed by atoms with E-state index in [9.17, 15) is 15.5 Å². The van der Waals surface area contributed by atoms with Gasteiger partial charge in [-0.15, -0.1) is 0 Å². The van der Waals surface area contributed by atoms with Crippen LogP contribution in [-0.2, 0) is 5.60 Å². The predicted molar refractivity (Wildman–Crippen MR) is 107 cm³/mol. The number of aliphatic hydroxyl groups is 1. The molecule has 0 aromatic heterocycles. The smallest absolute Gasteiger partial charge is 0.115 e. The summed E-state index contributed by atoms with van der Waals surface area (Å²) in [5, 5.41) is 30.7. The number of piperidine rings is 1. The molecule has 3 rings (SSSR count). The molecule has 1 saturated heterocycles. The summed E-state index contributed by atoms with van der Waals surface area (Å²) in [7, 11) is 0. The maximum atomic E-state index is 10.9. The van der Waals surface area contributed by atoms with Gasteiger partial charge in [-0.05, 0) is 67.6 Å². The van der Waals surface area contributed by atoms with Gasteiger partial charge in [0.25, 0.3) is 0 Å². The van der Waals surface area contributed by atoms with Gasteiger partial charge in [0.1, 0.15) is 5.75 Å². The van der Waals surface area contributed by atoms with Crippen LogP contribution in [-0.4, -0.2) is 34.7 Å². The van der Waals surface area contributed by atoms with E-state index in [1.54, 1.807) is 18.2 Å². The van der Waals surface area contributed by atoms with Gasteiger partial charge in [0, 0.05) is 18.1 Å². The summed E-state index contributed by atoms with van der Waals surface area (Å²) in [6.07, 6.45) is 3.07. The van der Waals surface area contributed by atoms with Crippen molar-refractivity contribution >= 4 is 11.6 Å². The zero-order valence-electron chi connectivity index (χ0n) is 15.3. The Morgan fingerprint density at radius 2 is 1.85 bits per heavy atom. The standard InChI is InChI=1S/C22H25ClN2O2/c23-20-8-6-19(7-9-20)22(27)10-13-25(14-11-22)12-2-4-18(16-24)17-3-1-5-21(26)15-17/h1,3,5-9,15,18,26-27H,2,4,10-14H2. The first-order valence-electron chi connectivity index (χ1n) is 9.39. The summed E-state index contributed by atoms with van der Waals surface area (Å²) in [4.78, 5) is 2.35. The fraction of sp³-hybridized carbons (Fsp3) is 0.409. The molecule has 0 saturated carbocycles. The van der Waals surface area contributed by atoms with Crippen molar-refractivity contribution in [2.45, 2.75) is 37.2 Å². The van der Waals surface area contributed by atoms with E-state index < -0.39 is 5.60 Å². The minimum absolute atomic E-state index is 0.199. The molecule has 0 bridgehead atoms. The number of halogens is 1. The molecule has 2 N–H and O–H groups in total. The highest BCUT2D eigenvalue weighted by molar-refractivity contribution is 6.30. The first-order chi connectivity index (χ1) is 13.0. The summed E-state index contributed by atoms with van der Waals surface area (Å²) in [5.41, 5.74) is 1.02. The molecule has 5 heteroatoms. The summed E-state index contributed by atoms with van der Waals surface area (Å²) >= 11 is 5.94. The Bertz CT molecular complexity index is 793. The van der Waals surface area contributed by atoms with Crippen molar-refractivity contribution in [1.29, 1.82) is 5.26 Å². The van der Waals surface area contributed by atoms with Crippen LogP contribution >= 0.6 is 11.6 Å². The van der Waals surface area contributed by atoms with Crippen LogP contribution < -0.4 is 0 Å². The van der Waals surface area contributed by atoms with Crippen LogP contribution in [0.1, 0.15) is 42.7 Å². The molecule has 0 amide bonds. The van der Waals surface area contributed by atoms with Crippen molar-refractivity contribution in [3.8, 4) is 11.8 Å². The van der Waals surface area contributed by atoms with Crippen LogP contribution in [0, 0.1) is 11.3 Å². The van der Waals surface area contributed by atoms with E-state index in [1.807, 2.05) is 30.3 Å². The predicted octanol–water partition coefficient (Wildman–Crippen LogP) is 4.42. The molecule has 0 spiro atoms. The number of benzene rings is 2. The van der Waals surface area contributed by atoms with Crippen molar-refractivity contribution in [3.63, 3.8) is 0 Å². The highest BCUT2D eigenvalue weighted by Crippen LogP contribution is 2.33. The SMILES string of the molecule is N#CC(CCCN1CCC(O)(c2ccc(Cl)cc2)CC1)c1cccc(O)c1. The minimum Gasteiger partial charge on any atom is -0.508 e. The number of rotatable bonds is 6. The molecule has 1 fully saturated rings. The molecule has 0 radical (unpaired) electrons. The monoisotopic (exact) mass is 384 g/mol. The van der Waals surface area contributed by atoms with E-state index in [4.69, 9.17) is 11.6 Å². The third-order valence-corrected chi connectivity index (χ3v) is 5.71. The Morgan fingerprint density at radius 1 is 1.15 bits per heavy atom. The number of likely N-dealkylation sites (tertiary alicyclic amines) is 1. The first kappa shape index (κ1) is 19.7. The van der Waals surface area contributed by atoms with Crippen LogP contribution in [0.4, 0.5) is 0 Å². The summed E-state index contributed by atoms with van der Waals surface area (Å²) in [6, 6.07) is 16.8. The normalized spacial score (nSPS) is 18.0. The highest BCUT2D eigenvalue weighted by Gasteiger charge is 2.33. The topological polar surface area (TPSA) is 67.5 Å². The number of phenolic OH excluding ortho intramolecular Hbond substituents is 1. The summed E-state index contributed by atoms with van der Waals surface area (Å²) in [5.74, 6) is -0.00171. The second kappa shape index (κ2) is 8.75. The lowest BCUT2D eigenvalue weighted by atomic mass is 9.84. The number of hydrogen-bond acceptors (Lipinski definition) is 4. The lowest BCUT2D eigenvalue weighted by Gasteiger charge is -2.38. The third kappa shape index (κ3) is 5.01. The third-order valence-electron chi connectivity index (χ3n) is 5.46. The lowest BCUT2D eigenvalue weighted by Crippen LogP contribution is -2.42. The quantitative estimate of drug-likeness (QED) is 0.773. The van der Waals surface area contributed by atoms with Crippen LogP contribution in [0.5, 0.6) is 5.75 Å². The second-order valence-corrected chi connectivity index (χ2v) is 7.74. The first-order valence-corrected chi connectivity index (χ1v) is 9.77. The van der Waals surface area contributed by atoms with E-state index in [0.29, 0.717) is 17.9 Å². The van der Waals surface area contributed by atoms with Crippen molar-refractivity contribution in [2.24, 2.45) is 0 Å². The molecule has 1 unspecified atom stereocenters. The Kier molecular flexibility index (Phi) is 6.38. The van der Waals surface area contributed by atoms with Gasteiger partial charge >= 0.3 is 0 Å². The van der Waals surface area contributed by atoms with Gasteiger partial charge in [0.15, 0.2) is 0 Å². The van der Waals surface area contributed by atoms with Crippen LogP contribution in [0.3, 0.4) is 0 Å². The van der Waals surface area contributed by atoms with Gasteiger partial charge < -0.3 is 15.1 Å². The van der Waals surface area contributed by atoms with Gasteiger partial charge in [0.2, 0.25) is 0 Å². The number of phenols is 1. The Morgan fingerprint density at radius 3 is 2.48 bits per heavy atom. The molecule has 0 aliphatic carbocycles. The Labute approximate surface area is 165 Å². The van der Waals surface area contributed by atoms with E-state index in [-0.39, 0.29) is 11.7 Å². The molecule has 27 heavy (non-hydrogen) atoms. The number of nitrogens with zero attached hydrogens (tertiary/aromatic N) is 2. The average Bonchev–Trinajstić information content (AvgIpc) is 2.67. The molecule has 2 aromatic rings. The maximum absolute atomic E-state index is 10.9.